The summed E-state index contributed by atoms with van der Waals surface area (Å²) in [5, 5.41) is 9.84. The van der Waals surface area contributed by atoms with Crippen molar-refractivity contribution in [3.63, 3.8) is 0 Å². The quantitative estimate of drug-likeness (QED) is 0.589. The molecule has 0 spiro atoms. The molecule has 0 saturated heterocycles. The number of hydrogen-bond donors (Lipinski definition) is 0. The minimum atomic E-state index is 0.0991. The number of likely N-dealkylation sites (N-methyl/N-ethyl adjacent to an activating group) is 1. The van der Waals surface area contributed by atoms with Crippen molar-refractivity contribution in [2.45, 2.75) is 26.8 Å². The van der Waals surface area contributed by atoms with Crippen LogP contribution in [0.3, 0.4) is 0 Å². The lowest BCUT2D eigenvalue weighted by Gasteiger charge is -2.24. The molecular weight excluding hydrogens is 322 g/mol. The SMILES string of the molecule is CCN(CC(=O)c1cn(CCC#N)c2ccccc12)c1ccccc1C. The molecule has 0 fully saturated rings. The van der Waals surface area contributed by atoms with E-state index in [9.17, 15) is 4.79 Å². The van der Waals surface area contributed by atoms with Crippen molar-refractivity contribution in [1.29, 1.82) is 5.26 Å². The first-order valence-electron chi connectivity index (χ1n) is 8.94. The van der Waals surface area contributed by atoms with Gasteiger partial charge in [0.05, 0.1) is 19.0 Å². The van der Waals surface area contributed by atoms with E-state index < -0.39 is 0 Å². The van der Waals surface area contributed by atoms with Crippen molar-refractivity contribution >= 4 is 22.4 Å². The molecule has 0 amide bonds. The zero-order valence-electron chi connectivity index (χ0n) is 15.3. The number of rotatable bonds is 7. The molecule has 132 valence electrons. The van der Waals surface area contributed by atoms with Crippen LogP contribution >= 0.6 is 0 Å². The van der Waals surface area contributed by atoms with Gasteiger partial charge in [-0.2, -0.15) is 5.26 Å². The first-order valence-corrected chi connectivity index (χ1v) is 8.94. The molecule has 3 aromatic rings. The summed E-state index contributed by atoms with van der Waals surface area (Å²) in [6, 6.07) is 18.2. The molecule has 0 atom stereocenters. The first-order chi connectivity index (χ1) is 12.7. The van der Waals surface area contributed by atoms with Gasteiger partial charge in [0.25, 0.3) is 0 Å². The normalized spacial score (nSPS) is 10.7. The lowest BCUT2D eigenvalue weighted by atomic mass is 10.1. The third kappa shape index (κ3) is 3.48. The summed E-state index contributed by atoms with van der Waals surface area (Å²) in [5.74, 6) is 0.0991. The van der Waals surface area contributed by atoms with Crippen LogP contribution in [0.5, 0.6) is 0 Å². The monoisotopic (exact) mass is 345 g/mol. The van der Waals surface area contributed by atoms with Crippen molar-refractivity contribution in [2.75, 3.05) is 18.0 Å². The molecule has 0 unspecified atom stereocenters. The number of nitriles is 1. The molecule has 2 aromatic carbocycles. The van der Waals surface area contributed by atoms with E-state index in [4.69, 9.17) is 5.26 Å². The van der Waals surface area contributed by atoms with Crippen LogP contribution in [0.4, 0.5) is 5.69 Å². The van der Waals surface area contributed by atoms with Crippen LogP contribution < -0.4 is 4.90 Å². The van der Waals surface area contributed by atoms with Crippen molar-refractivity contribution in [1.82, 2.24) is 4.57 Å². The average Bonchev–Trinajstić information content (AvgIpc) is 3.04. The second-order valence-electron chi connectivity index (χ2n) is 6.39. The number of nitrogens with zero attached hydrogens (tertiary/aromatic N) is 3. The standard InChI is InChI=1S/C22H23N3O/c1-3-24(20-11-6-4-9-17(20)2)16-22(26)19-15-25(14-8-13-23)21-12-7-5-10-18(19)21/h4-7,9-12,15H,3,8,14,16H2,1-2H3. The summed E-state index contributed by atoms with van der Waals surface area (Å²) in [5.41, 5.74) is 3.99. The van der Waals surface area contributed by atoms with Crippen LogP contribution in [0.25, 0.3) is 10.9 Å². The Morgan fingerprint density at radius 1 is 1.15 bits per heavy atom. The molecule has 3 rings (SSSR count). The van der Waals surface area contributed by atoms with Gasteiger partial charge in [-0.3, -0.25) is 4.79 Å². The largest absolute Gasteiger partial charge is 0.364 e. The number of aromatic nitrogens is 1. The van der Waals surface area contributed by atoms with Crippen LogP contribution in [-0.4, -0.2) is 23.4 Å². The summed E-state index contributed by atoms with van der Waals surface area (Å²) < 4.78 is 2.01. The molecule has 0 bridgehead atoms. The van der Waals surface area contributed by atoms with E-state index in [2.05, 4.69) is 36.9 Å². The lowest BCUT2D eigenvalue weighted by molar-refractivity contribution is 0.100. The minimum absolute atomic E-state index is 0.0991. The molecule has 0 aliphatic rings. The van der Waals surface area contributed by atoms with Crippen molar-refractivity contribution in [3.05, 3.63) is 65.9 Å². The zero-order valence-corrected chi connectivity index (χ0v) is 15.3. The molecule has 1 heterocycles. The van der Waals surface area contributed by atoms with E-state index in [1.54, 1.807) is 0 Å². The van der Waals surface area contributed by atoms with Crippen LogP contribution in [-0.2, 0) is 6.54 Å². The van der Waals surface area contributed by atoms with Crippen molar-refractivity contribution in [2.24, 2.45) is 0 Å². The number of ketones is 1. The van der Waals surface area contributed by atoms with Gasteiger partial charge in [0.1, 0.15) is 0 Å². The number of benzene rings is 2. The smallest absolute Gasteiger partial charge is 0.184 e. The summed E-state index contributed by atoms with van der Waals surface area (Å²) in [4.78, 5) is 15.2. The summed E-state index contributed by atoms with van der Waals surface area (Å²) in [7, 11) is 0. The Bertz CT molecular complexity index is 965. The number of para-hydroxylation sites is 2. The fraction of sp³-hybridized carbons (Fsp3) is 0.273. The Labute approximate surface area is 154 Å². The Balaban J connectivity index is 1.92. The highest BCUT2D eigenvalue weighted by Gasteiger charge is 2.18. The predicted molar refractivity (Wildman–Crippen MR) is 106 cm³/mol. The van der Waals surface area contributed by atoms with Gasteiger partial charge < -0.3 is 9.47 Å². The molecular formula is C22H23N3O. The number of Topliss-reactive ketones (excluding diaryl/α,β-unsaturated/α-hetero) is 1. The van der Waals surface area contributed by atoms with E-state index in [-0.39, 0.29) is 5.78 Å². The van der Waals surface area contributed by atoms with E-state index in [0.29, 0.717) is 19.5 Å². The number of anilines is 1. The van der Waals surface area contributed by atoms with E-state index >= 15 is 0 Å². The third-order valence-corrected chi connectivity index (χ3v) is 4.73. The number of aryl methyl sites for hydroxylation is 2. The molecule has 4 nitrogen and oxygen atoms in total. The number of carbonyl (C=O) groups is 1. The summed E-state index contributed by atoms with van der Waals surface area (Å²) in [6.07, 6.45) is 2.33. The van der Waals surface area contributed by atoms with Crippen LogP contribution in [0.15, 0.2) is 54.7 Å². The molecule has 1 aromatic heterocycles. The van der Waals surface area contributed by atoms with Gasteiger partial charge >= 0.3 is 0 Å². The van der Waals surface area contributed by atoms with Gasteiger partial charge in [-0.1, -0.05) is 36.4 Å². The Morgan fingerprint density at radius 2 is 1.88 bits per heavy atom. The first kappa shape index (κ1) is 17.8. The number of carbonyl (C=O) groups excluding carboxylic acids is 1. The topological polar surface area (TPSA) is 49.0 Å². The highest BCUT2D eigenvalue weighted by atomic mass is 16.1. The maximum absolute atomic E-state index is 13.1. The molecule has 4 heteroatoms. The Kier molecular flexibility index (Phi) is 5.38. The van der Waals surface area contributed by atoms with E-state index in [0.717, 1.165) is 28.7 Å². The van der Waals surface area contributed by atoms with Gasteiger partial charge in [-0.15, -0.1) is 0 Å². The molecule has 0 N–H and O–H groups in total. The van der Waals surface area contributed by atoms with Gasteiger partial charge in [0, 0.05) is 41.4 Å². The highest BCUT2D eigenvalue weighted by Crippen LogP contribution is 2.24. The fourth-order valence-electron chi connectivity index (χ4n) is 3.37. The lowest BCUT2D eigenvalue weighted by Crippen LogP contribution is -2.30. The second-order valence-corrected chi connectivity index (χ2v) is 6.39. The predicted octanol–water partition coefficient (Wildman–Crippen LogP) is 4.57. The van der Waals surface area contributed by atoms with Crippen molar-refractivity contribution < 1.29 is 4.79 Å². The van der Waals surface area contributed by atoms with Crippen LogP contribution in [0.1, 0.15) is 29.3 Å². The van der Waals surface area contributed by atoms with Crippen LogP contribution in [0.2, 0.25) is 0 Å². The zero-order chi connectivity index (χ0) is 18.5. The second kappa shape index (κ2) is 7.88. The van der Waals surface area contributed by atoms with Gasteiger partial charge in [-0.25, -0.2) is 0 Å². The summed E-state index contributed by atoms with van der Waals surface area (Å²) >= 11 is 0. The molecule has 0 aliphatic carbocycles. The average molecular weight is 345 g/mol. The van der Waals surface area contributed by atoms with Gasteiger partial charge in [0.15, 0.2) is 5.78 Å². The Hall–Kier alpha value is -3.06. The number of hydrogen-bond acceptors (Lipinski definition) is 3. The van der Waals surface area contributed by atoms with Gasteiger partial charge in [0.2, 0.25) is 0 Å². The minimum Gasteiger partial charge on any atom is -0.364 e. The molecule has 0 saturated carbocycles. The number of fused-ring (bicyclic) bond motifs is 1. The molecule has 26 heavy (non-hydrogen) atoms. The summed E-state index contributed by atoms with van der Waals surface area (Å²) in [6.45, 7) is 5.84. The molecule has 0 radical (unpaired) electrons. The maximum atomic E-state index is 13.1. The van der Waals surface area contributed by atoms with Crippen molar-refractivity contribution in [3.8, 4) is 6.07 Å². The molecule has 0 aliphatic heterocycles. The van der Waals surface area contributed by atoms with E-state index in [1.807, 2.05) is 47.2 Å². The Morgan fingerprint density at radius 3 is 2.62 bits per heavy atom. The highest BCUT2D eigenvalue weighted by molar-refractivity contribution is 6.10. The maximum Gasteiger partial charge on any atom is 0.184 e. The van der Waals surface area contributed by atoms with Gasteiger partial charge in [-0.05, 0) is 31.5 Å². The van der Waals surface area contributed by atoms with Crippen LogP contribution in [0, 0.1) is 18.3 Å². The fourth-order valence-corrected chi connectivity index (χ4v) is 3.37. The van der Waals surface area contributed by atoms with E-state index in [1.165, 1.54) is 5.56 Å². The third-order valence-electron chi connectivity index (χ3n) is 4.73.